The molecule has 9 heteroatoms. The van der Waals surface area contributed by atoms with Crippen LogP contribution in [-0.2, 0) is 16.6 Å². The highest BCUT2D eigenvalue weighted by molar-refractivity contribution is 6.01. The van der Waals surface area contributed by atoms with Crippen molar-refractivity contribution in [1.29, 1.82) is 0 Å². The normalized spacial score (nSPS) is 12.6. The number of carboxylic acids is 1. The third-order valence-electron chi connectivity index (χ3n) is 5.89. The van der Waals surface area contributed by atoms with Crippen molar-refractivity contribution in [2.45, 2.75) is 19.8 Å². The molecule has 1 aromatic heterocycles. The molecule has 0 fully saturated rings. The van der Waals surface area contributed by atoms with E-state index in [1.807, 2.05) is 36.4 Å². The average Bonchev–Trinajstić information content (AvgIpc) is 3.33. The van der Waals surface area contributed by atoms with E-state index >= 15 is 0 Å². The number of fused-ring (bicyclic) bond motifs is 3. The van der Waals surface area contributed by atoms with Gasteiger partial charge in [-0.25, -0.2) is 4.79 Å². The molecule has 0 aliphatic heterocycles. The van der Waals surface area contributed by atoms with Crippen LogP contribution in [0.15, 0.2) is 54.7 Å². The van der Waals surface area contributed by atoms with Gasteiger partial charge >= 0.3 is 12.1 Å². The number of aryl methyl sites for hydroxylation is 1. The van der Waals surface area contributed by atoms with E-state index in [0.29, 0.717) is 0 Å². The Morgan fingerprint density at radius 2 is 1.65 bits per heavy atom. The second kappa shape index (κ2) is 9.01. The highest BCUT2D eigenvalue weighted by Crippen LogP contribution is 2.44. The number of carboxylic acid groups (broad SMARTS) is 1. The van der Waals surface area contributed by atoms with Crippen LogP contribution in [0.3, 0.4) is 0 Å². The molecule has 2 amide bonds. The number of nitrogens with zero attached hydrogens (tertiary/aromatic N) is 2. The molecule has 2 aromatic carbocycles. The lowest BCUT2D eigenvalue weighted by Crippen LogP contribution is -2.39. The van der Waals surface area contributed by atoms with Gasteiger partial charge in [-0.2, -0.15) is 5.10 Å². The fourth-order valence-corrected chi connectivity index (χ4v) is 3.95. The first-order valence-electron chi connectivity index (χ1n) is 10.8. The van der Waals surface area contributed by atoms with E-state index in [1.165, 1.54) is 24.7 Å². The van der Waals surface area contributed by atoms with Crippen LogP contribution in [0.4, 0.5) is 10.5 Å². The Labute approximate surface area is 196 Å². The summed E-state index contributed by atoms with van der Waals surface area (Å²) in [5, 5.41) is 18.5. The van der Waals surface area contributed by atoms with Crippen LogP contribution in [-0.4, -0.2) is 46.0 Å². The number of hydrogen-bond acceptors (Lipinski definition) is 5. The molecular weight excluding hydrogens is 436 g/mol. The van der Waals surface area contributed by atoms with Crippen molar-refractivity contribution in [1.82, 2.24) is 15.1 Å². The molecule has 0 bridgehead atoms. The van der Waals surface area contributed by atoms with Crippen molar-refractivity contribution in [3.8, 4) is 11.1 Å². The van der Waals surface area contributed by atoms with Crippen molar-refractivity contribution in [2.75, 3.05) is 18.5 Å². The molecule has 0 saturated carbocycles. The van der Waals surface area contributed by atoms with Gasteiger partial charge in [-0.15, -0.1) is 0 Å². The van der Waals surface area contributed by atoms with Crippen LogP contribution < -0.4 is 10.6 Å². The minimum absolute atomic E-state index is 0.0304. The van der Waals surface area contributed by atoms with Gasteiger partial charge in [0.1, 0.15) is 6.61 Å². The first kappa shape index (κ1) is 23.0. The third kappa shape index (κ3) is 4.50. The van der Waals surface area contributed by atoms with Crippen LogP contribution in [0.25, 0.3) is 11.1 Å². The molecule has 0 spiro atoms. The van der Waals surface area contributed by atoms with Gasteiger partial charge in [-0.3, -0.25) is 19.6 Å². The molecule has 34 heavy (non-hydrogen) atoms. The lowest BCUT2D eigenvalue weighted by molar-refractivity contribution is -0.146. The van der Waals surface area contributed by atoms with E-state index in [9.17, 15) is 19.5 Å². The van der Waals surface area contributed by atoms with E-state index < -0.39 is 23.4 Å². The van der Waals surface area contributed by atoms with Gasteiger partial charge in [0.2, 0.25) is 0 Å². The standard InChI is InChI=1S/C25H26N4O5/c1-25(2,23(31)32)14-26-22(30)21-20(12-29(3)28-21)27-24(33)34-13-19-17-10-6-4-8-15(17)16-9-5-7-11-18(16)19/h4-12,19H,13-14H2,1-3H3,(H,26,30)(H,27,33)(H,31,32). The molecule has 0 atom stereocenters. The molecule has 3 aromatic rings. The maximum Gasteiger partial charge on any atom is 0.411 e. The summed E-state index contributed by atoms with van der Waals surface area (Å²) in [6.45, 7) is 3.05. The Morgan fingerprint density at radius 3 is 2.24 bits per heavy atom. The number of amides is 2. The van der Waals surface area contributed by atoms with Gasteiger partial charge in [-0.05, 0) is 36.1 Å². The van der Waals surface area contributed by atoms with Crippen LogP contribution in [0.1, 0.15) is 41.4 Å². The largest absolute Gasteiger partial charge is 0.481 e. The van der Waals surface area contributed by atoms with Crippen LogP contribution in [0, 0.1) is 5.41 Å². The molecule has 0 saturated heterocycles. The first-order valence-corrected chi connectivity index (χ1v) is 10.8. The van der Waals surface area contributed by atoms with Crippen molar-refractivity contribution in [3.05, 3.63) is 71.5 Å². The highest BCUT2D eigenvalue weighted by atomic mass is 16.5. The summed E-state index contributed by atoms with van der Waals surface area (Å²) >= 11 is 0. The smallest absolute Gasteiger partial charge is 0.411 e. The quantitative estimate of drug-likeness (QED) is 0.493. The number of aromatic nitrogens is 2. The van der Waals surface area contributed by atoms with E-state index in [2.05, 4.69) is 27.9 Å². The minimum Gasteiger partial charge on any atom is -0.481 e. The van der Waals surface area contributed by atoms with Gasteiger partial charge in [0.05, 0.1) is 11.1 Å². The predicted molar refractivity (Wildman–Crippen MR) is 126 cm³/mol. The van der Waals surface area contributed by atoms with Crippen molar-refractivity contribution in [2.24, 2.45) is 12.5 Å². The number of carbonyl (C=O) groups is 3. The van der Waals surface area contributed by atoms with E-state index in [4.69, 9.17) is 4.74 Å². The van der Waals surface area contributed by atoms with Gasteiger partial charge in [0.25, 0.3) is 5.91 Å². The minimum atomic E-state index is -1.15. The number of rotatable bonds is 7. The van der Waals surface area contributed by atoms with Crippen molar-refractivity contribution in [3.63, 3.8) is 0 Å². The molecule has 176 valence electrons. The zero-order valence-electron chi connectivity index (χ0n) is 19.2. The van der Waals surface area contributed by atoms with E-state index in [1.54, 1.807) is 7.05 Å². The number of hydrogen-bond donors (Lipinski definition) is 3. The summed E-state index contributed by atoms with van der Waals surface area (Å²) in [6, 6.07) is 16.1. The maximum absolute atomic E-state index is 12.6. The molecule has 1 aliphatic carbocycles. The van der Waals surface area contributed by atoms with Gasteiger partial charge in [0.15, 0.2) is 5.69 Å². The molecular formula is C25H26N4O5. The second-order valence-electron chi connectivity index (χ2n) is 8.89. The Kier molecular flexibility index (Phi) is 6.10. The summed E-state index contributed by atoms with van der Waals surface area (Å²) in [7, 11) is 1.61. The Balaban J connectivity index is 1.43. The van der Waals surface area contributed by atoms with Crippen molar-refractivity contribution < 1.29 is 24.2 Å². The molecule has 3 N–H and O–H groups in total. The van der Waals surface area contributed by atoms with Crippen molar-refractivity contribution >= 4 is 23.7 Å². The second-order valence-corrected chi connectivity index (χ2v) is 8.89. The number of ether oxygens (including phenoxy) is 1. The third-order valence-corrected chi connectivity index (χ3v) is 5.89. The SMILES string of the molecule is Cn1cc(NC(=O)OCC2c3ccccc3-c3ccccc32)c(C(=O)NCC(C)(C)C(=O)O)n1. The lowest BCUT2D eigenvalue weighted by Gasteiger charge is -2.19. The molecule has 1 aliphatic rings. The van der Waals surface area contributed by atoms with E-state index in [-0.39, 0.29) is 30.5 Å². The molecule has 9 nitrogen and oxygen atoms in total. The number of anilines is 1. The number of benzene rings is 2. The highest BCUT2D eigenvalue weighted by Gasteiger charge is 2.30. The summed E-state index contributed by atoms with van der Waals surface area (Å²) < 4.78 is 6.92. The molecule has 4 rings (SSSR count). The first-order chi connectivity index (χ1) is 16.2. The summed E-state index contributed by atoms with van der Waals surface area (Å²) in [5.41, 5.74) is 3.44. The molecule has 1 heterocycles. The fourth-order valence-electron chi connectivity index (χ4n) is 3.95. The Hall–Kier alpha value is -4.14. The molecule has 0 radical (unpaired) electrons. The maximum atomic E-state index is 12.6. The van der Waals surface area contributed by atoms with Gasteiger partial charge < -0.3 is 15.2 Å². The van der Waals surface area contributed by atoms with Crippen LogP contribution >= 0.6 is 0 Å². The van der Waals surface area contributed by atoms with Crippen LogP contribution in [0.5, 0.6) is 0 Å². The number of carbonyl (C=O) groups excluding carboxylic acids is 2. The Bertz CT molecular complexity index is 1220. The summed E-state index contributed by atoms with van der Waals surface area (Å²) in [6.07, 6.45) is 0.772. The topological polar surface area (TPSA) is 123 Å². The monoisotopic (exact) mass is 462 g/mol. The average molecular weight is 463 g/mol. The lowest BCUT2D eigenvalue weighted by atomic mass is 9.94. The number of nitrogens with one attached hydrogen (secondary N) is 2. The van der Waals surface area contributed by atoms with Gasteiger partial charge in [0, 0.05) is 25.7 Å². The number of aliphatic carboxylic acids is 1. The summed E-state index contributed by atoms with van der Waals surface area (Å²) in [4.78, 5) is 36.5. The molecule has 0 unspecified atom stereocenters. The summed E-state index contributed by atoms with van der Waals surface area (Å²) in [5.74, 6) is -1.72. The fraction of sp³-hybridized carbons (Fsp3) is 0.280. The predicted octanol–water partition coefficient (Wildman–Crippen LogP) is 3.62. The zero-order chi connectivity index (χ0) is 24.5. The zero-order valence-corrected chi connectivity index (χ0v) is 19.2. The van der Waals surface area contributed by atoms with Crippen LogP contribution in [0.2, 0.25) is 0 Å². The van der Waals surface area contributed by atoms with E-state index in [0.717, 1.165) is 22.3 Å². The Morgan fingerprint density at radius 1 is 1.06 bits per heavy atom. The van der Waals surface area contributed by atoms with Gasteiger partial charge in [-0.1, -0.05) is 48.5 Å².